The quantitative estimate of drug-likeness (QED) is 0.308. The largest absolute Gasteiger partial charge is 4.00 e. The van der Waals surface area contributed by atoms with Gasteiger partial charge in [-0.1, -0.05) is 0 Å². The second kappa shape index (κ2) is 15.7. The summed E-state index contributed by atoms with van der Waals surface area (Å²) in [6.07, 6.45) is 10.0. The predicted molar refractivity (Wildman–Crippen MR) is 21.6 cm³/mol. The van der Waals surface area contributed by atoms with Crippen molar-refractivity contribution in [1.29, 1.82) is 0 Å². The van der Waals surface area contributed by atoms with E-state index < -0.39 is 0 Å². The van der Waals surface area contributed by atoms with Gasteiger partial charge in [-0.2, -0.15) is 6.08 Å². The van der Waals surface area contributed by atoms with Gasteiger partial charge in [0.1, 0.15) is 0 Å². The summed E-state index contributed by atoms with van der Waals surface area (Å²) in [4.78, 5) is 0. The summed E-state index contributed by atoms with van der Waals surface area (Å²) >= 11 is 0. The average molecular weight is 301 g/mol. The Bertz CT molecular complexity index is 70.3. The summed E-state index contributed by atoms with van der Waals surface area (Å²) in [5.41, 5.74) is 0. The molecule has 0 fully saturated rings. The van der Waals surface area contributed by atoms with Crippen LogP contribution in [0.25, 0.3) is 0 Å². The normalized spacial score (nSPS) is 9.78. The van der Waals surface area contributed by atoms with Crippen LogP contribution >= 0.6 is 0 Å². The van der Waals surface area contributed by atoms with E-state index >= 15 is 0 Å². The van der Waals surface area contributed by atoms with Crippen LogP contribution in [0.2, 0.25) is 0 Å². The van der Waals surface area contributed by atoms with Crippen molar-refractivity contribution in [3.63, 3.8) is 0 Å². The van der Waals surface area contributed by atoms with E-state index in [0.29, 0.717) is 0 Å². The van der Waals surface area contributed by atoms with E-state index in [4.69, 9.17) is 0 Å². The van der Waals surface area contributed by atoms with Crippen LogP contribution < -0.4 is 14.1 Å². The molecule has 0 radical (unpaired) electrons. The van der Waals surface area contributed by atoms with Gasteiger partial charge in [0.05, 0.1) is 0 Å². The molecule has 0 bridgehead atoms. The molecule has 50 valence electrons. The van der Waals surface area contributed by atoms with Crippen molar-refractivity contribution in [2.24, 2.45) is 0 Å². The van der Waals surface area contributed by atoms with Crippen molar-refractivity contribution in [1.82, 2.24) is 0 Å². The van der Waals surface area contributed by atoms with Crippen molar-refractivity contribution in [2.75, 3.05) is 0 Å². The van der Waals surface area contributed by atoms with Crippen molar-refractivity contribution in [2.45, 2.75) is 6.42 Å². The van der Waals surface area contributed by atoms with Crippen LogP contribution in [-0.2, 0) is 25.8 Å². The maximum atomic E-state index is 2.99. The second-order valence-electron chi connectivity index (χ2n) is 1.00. The first-order chi connectivity index (χ1) is 2.50. The van der Waals surface area contributed by atoms with Crippen molar-refractivity contribution >= 4 is 0 Å². The molecule has 0 heterocycles. The molecular formula is C5H5F3Hf. The van der Waals surface area contributed by atoms with Gasteiger partial charge in [-0.3, -0.25) is 6.08 Å². The minimum atomic E-state index is 0. The Labute approximate surface area is 70.9 Å². The molecule has 0 saturated heterocycles. The van der Waals surface area contributed by atoms with Gasteiger partial charge < -0.3 is 14.1 Å². The summed E-state index contributed by atoms with van der Waals surface area (Å²) in [7, 11) is 0. The third kappa shape index (κ3) is 11.6. The summed E-state index contributed by atoms with van der Waals surface area (Å²) in [6.45, 7) is 0. The zero-order chi connectivity index (χ0) is 3.54. The molecule has 1 aliphatic rings. The maximum Gasteiger partial charge on any atom is 4.00 e. The van der Waals surface area contributed by atoms with Crippen LogP contribution in [0.5, 0.6) is 0 Å². The van der Waals surface area contributed by atoms with Crippen molar-refractivity contribution in [3.05, 3.63) is 24.3 Å². The van der Waals surface area contributed by atoms with E-state index in [-0.39, 0.29) is 40.0 Å². The van der Waals surface area contributed by atoms with E-state index in [1.54, 1.807) is 0 Å². The van der Waals surface area contributed by atoms with Gasteiger partial charge in [0.2, 0.25) is 0 Å². The molecule has 0 saturated carbocycles. The van der Waals surface area contributed by atoms with Gasteiger partial charge in [0.15, 0.2) is 0 Å². The smallest absolute Gasteiger partial charge is 1.00 e. The Morgan fingerprint density at radius 1 is 1.11 bits per heavy atom. The Morgan fingerprint density at radius 3 is 1.78 bits per heavy atom. The van der Waals surface area contributed by atoms with Crippen molar-refractivity contribution < 1.29 is 40.0 Å². The second-order valence-corrected chi connectivity index (χ2v) is 1.00. The van der Waals surface area contributed by atoms with E-state index in [1.807, 2.05) is 12.2 Å². The molecule has 0 aromatic heterocycles. The van der Waals surface area contributed by atoms with Crippen LogP contribution in [-0.4, -0.2) is 0 Å². The van der Waals surface area contributed by atoms with Gasteiger partial charge in [-0.15, -0.1) is 6.42 Å². The third-order valence-corrected chi connectivity index (χ3v) is 0.586. The van der Waals surface area contributed by atoms with Gasteiger partial charge in [-0.25, -0.2) is 12.2 Å². The molecule has 1 rings (SSSR count). The molecule has 0 N–H and O–H groups in total. The molecule has 0 aromatic rings. The van der Waals surface area contributed by atoms with E-state index in [9.17, 15) is 0 Å². The zero-order valence-electron chi connectivity index (χ0n) is 4.57. The van der Waals surface area contributed by atoms with Crippen LogP contribution in [0.3, 0.4) is 0 Å². The maximum absolute atomic E-state index is 2.99. The Morgan fingerprint density at radius 2 is 1.67 bits per heavy atom. The molecular weight excluding hydrogens is 296 g/mol. The Hall–Kier alpha value is 0.140. The molecule has 0 unspecified atom stereocenters. The Balaban J connectivity index is -0.0000000312. The minimum absolute atomic E-state index is 0. The minimum Gasteiger partial charge on any atom is -1.00 e. The summed E-state index contributed by atoms with van der Waals surface area (Å²) < 4.78 is 0. The number of halogens is 3. The molecule has 0 spiro atoms. The van der Waals surface area contributed by atoms with E-state index in [0.717, 1.165) is 6.42 Å². The topological polar surface area (TPSA) is 0 Å². The number of hydrogen-bond acceptors (Lipinski definition) is 0. The first-order valence-corrected chi connectivity index (χ1v) is 1.72. The average Bonchev–Trinajstić information content (AvgIpc) is 1.76. The standard InChI is InChI=1S/C5H5.3FH.Hf/c1-2-4-5-3-1;;;;/h1-3H,4H2;3*1H;/q-1;;;;+4/p-3. The summed E-state index contributed by atoms with van der Waals surface area (Å²) in [5.74, 6) is 0. The fourth-order valence-electron chi connectivity index (χ4n) is 0.340. The first-order valence-electron chi connectivity index (χ1n) is 1.72. The van der Waals surface area contributed by atoms with E-state index in [2.05, 4.69) is 12.2 Å². The van der Waals surface area contributed by atoms with Crippen molar-refractivity contribution in [3.8, 4) is 0 Å². The van der Waals surface area contributed by atoms with Crippen LogP contribution in [0.4, 0.5) is 0 Å². The number of rotatable bonds is 0. The van der Waals surface area contributed by atoms with Gasteiger partial charge in [-0.05, 0) is 0 Å². The molecule has 9 heavy (non-hydrogen) atoms. The number of allylic oxidation sites excluding steroid dienone is 4. The molecule has 0 nitrogen and oxygen atoms in total. The monoisotopic (exact) mass is 302 g/mol. The summed E-state index contributed by atoms with van der Waals surface area (Å²) in [6, 6.07) is 0. The van der Waals surface area contributed by atoms with Crippen LogP contribution in [0.15, 0.2) is 18.2 Å². The zero-order valence-corrected chi connectivity index (χ0v) is 8.17. The Kier molecular flexibility index (Phi) is 40.0. The van der Waals surface area contributed by atoms with Crippen LogP contribution in [0, 0.1) is 6.08 Å². The molecule has 0 aromatic carbocycles. The molecule has 0 amide bonds. The van der Waals surface area contributed by atoms with E-state index in [1.165, 1.54) is 0 Å². The van der Waals surface area contributed by atoms with Gasteiger partial charge in [0.25, 0.3) is 0 Å². The third-order valence-electron chi connectivity index (χ3n) is 0.586. The molecule has 0 atom stereocenters. The van der Waals surface area contributed by atoms with Gasteiger partial charge >= 0.3 is 25.8 Å². The fourth-order valence-corrected chi connectivity index (χ4v) is 0.340. The number of hydrogen-bond donors (Lipinski definition) is 0. The predicted octanol–water partition coefficient (Wildman–Crippen LogP) is -7.68. The summed E-state index contributed by atoms with van der Waals surface area (Å²) in [5, 5.41) is 0. The SMILES string of the molecule is [C-]1=CC=CC1.[F-].[F-].[F-].[Hf+4]. The molecule has 1 aliphatic carbocycles. The fraction of sp³-hybridized carbons (Fsp3) is 0.200. The van der Waals surface area contributed by atoms with Crippen LogP contribution in [0.1, 0.15) is 6.42 Å². The molecule has 0 aliphatic heterocycles. The molecule has 4 heteroatoms. The first kappa shape index (κ1) is 22.9. The van der Waals surface area contributed by atoms with Gasteiger partial charge in [0, 0.05) is 0 Å².